The first-order valence-electron chi connectivity index (χ1n) is 3.76. The quantitative estimate of drug-likeness (QED) is 0.661. The molecule has 13 heavy (non-hydrogen) atoms. The van der Waals surface area contributed by atoms with Crippen LogP contribution in [0.5, 0.6) is 0 Å². The van der Waals surface area contributed by atoms with Gasteiger partial charge in [-0.05, 0) is 23.4 Å². The summed E-state index contributed by atoms with van der Waals surface area (Å²) in [7, 11) is 0. The molecule has 0 saturated carbocycles. The van der Waals surface area contributed by atoms with E-state index in [-0.39, 0.29) is 5.82 Å². The zero-order valence-electron chi connectivity index (χ0n) is 6.68. The van der Waals surface area contributed by atoms with E-state index in [2.05, 4.69) is 15.4 Å². The second-order valence-corrected chi connectivity index (χ2v) is 2.52. The van der Waals surface area contributed by atoms with Gasteiger partial charge in [0.05, 0.1) is 11.9 Å². The van der Waals surface area contributed by atoms with E-state index in [1.807, 2.05) is 0 Å². The molecule has 0 N–H and O–H groups in total. The SMILES string of the molecule is Fc1cccc(-c2ccnnn2)c1. The lowest BCUT2D eigenvalue weighted by molar-refractivity contribution is 0.628. The van der Waals surface area contributed by atoms with Crippen LogP contribution in [0.4, 0.5) is 4.39 Å². The molecule has 0 spiro atoms. The van der Waals surface area contributed by atoms with Gasteiger partial charge in [0.25, 0.3) is 0 Å². The van der Waals surface area contributed by atoms with E-state index in [0.29, 0.717) is 11.3 Å². The van der Waals surface area contributed by atoms with Crippen molar-refractivity contribution >= 4 is 0 Å². The standard InChI is InChI=1S/C9H6FN3/c10-8-3-1-2-7(6-8)9-4-5-11-13-12-9/h1-6H. The molecule has 0 radical (unpaired) electrons. The summed E-state index contributed by atoms with van der Waals surface area (Å²) < 4.78 is 12.8. The first-order valence-corrected chi connectivity index (χ1v) is 3.76. The fourth-order valence-corrected chi connectivity index (χ4v) is 1.04. The molecule has 0 amide bonds. The Kier molecular flexibility index (Phi) is 1.96. The summed E-state index contributed by atoms with van der Waals surface area (Å²) in [6.07, 6.45) is 1.52. The monoisotopic (exact) mass is 175 g/mol. The molecule has 0 aliphatic carbocycles. The molecular formula is C9H6FN3. The van der Waals surface area contributed by atoms with E-state index >= 15 is 0 Å². The Morgan fingerprint density at radius 1 is 1.15 bits per heavy atom. The van der Waals surface area contributed by atoms with Crippen LogP contribution < -0.4 is 0 Å². The van der Waals surface area contributed by atoms with Crippen LogP contribution in [-0.2, 0) is 0 Å². The van der Waals surface area contributed by atoms with Crippen molar-refractivity contribution in [2.45, 2.75) is 0 Å². The molecule has 64 valence electrons. The predicted molar refractivity (Wildman–Crippen MR) is 45.2 cm³/mol. The first-order chi connectivity index (χ1) is 6.36. The number of hydrogen-bond donors (Lipinski definition) is 0. The highest BCUT2D eigenvalue weighted by Crippen LogP contribution is 2.15. The van der Waals surface area contributed by atoms with Crippen LogP contribution in [-0.4, -0.2) is 15.4 Å². The highest BCUT2D eigenvalue weighted by molar-refractivity contribution is 5.57. The van der Waals surface area contributed by atoms with Crippen LogP contribution in [0.2, 0.25) is 0 Å². The molecule has 4 heteroatoms. The zero-order chi connectivity index (χ0) is 9.10. The molecular weight excluding hydrogens is 169 g/mol. The molecule has 1 aromatic carbocycles. The Morgan fingerprint density at radius 3 is 2.77 bits per heavy atom. The second kappa shape index (κ2) is 3.26. The van der Waals surface area contributed by atoms with Crippen LogP contribution in [0.15, 0.2) is 36.5 Å². The zero-order valence-corrected chi connectivity index (χ0v) is 6.68. The van der Waals surface area contributed by atoms with Crippen LogP contribution in [0.25, 0.3) is 11.3 Å². The number of benzene rings is 1. The van der Waals surface area contributed by atoms with Gasteiger partial charge in [0, 0.05) is 5.56 Å². The summed E-state index contributed by atoms with van der Waals surface area (Å²) in [6.45, 7) is 0. The molecule has 2 rings (SSSR count). The molecule has 1 heterocycles. The van der Waals surface area contributed by atoms with E-state index in [4.69, 9.17) is 0 Å². The normalized spacial score (nSPS) is 9.92. The van der Waals surface area contributed by atoms with Crippen molar-refractivity contribution < 1.29 is 4.39 Å². The van der Waals surface area contributed by atoms with Crippen LogP contribution in [0.1, 0.15) is 0 Å². The second-order valence-electron chi connectivity index (χ2n) is 2.52. The summed E-state index contributed by atoms with van der Waals surface area (Å²) in [6, 6.07) is 7.88. The van der Waals surface area contributed by atoms with Gasteiger partial charge in [0.15, 0.2) is 0 Å². The molecule has 0 aliphatic rings. The molecule has 3 nitrogen and oxygen atoms in total. The summed E-state index contributed by atoms with van der Waals surface area (Å²) in [5.74, 6) is -0.281. The maximum Gasteiger partial charge on any atom is 0.123 e. The van der Waals surface area contributed by atoms with Gasteiger partial charge in [-0.25, -0.2) is 4.39 Å². The number of rotatable bonds is 1. The Bertz CT molecular complexity index is 403. The third-order valence-electron chi connectivity index (χ3n) is 1.62. The molecule has 0 aliphatic heterocycles. The van der Waals surface area contributed by atoms with Crippen molar-refractivity contribution in [1.29, 1.82) is 0 Å². The fourth-order valence-electron chi connectivity index (χ4n) is 1.04. The van der Waals surface area contributed by atoms with Gasteiger partial charge < -0.3 is 0 Å². The Hall–Kier alpha value is -1.84. The Morgan fingerprint density at radius 2 is 2.08 bits per heavy atom. The van der Waals surface area contributed by atoms with Gasteiger partial charge in [-0.15, -0.1) is 10.2 Å². The topological polar surface area (TPSA) is 38.7 Å². The average Bonchev–Trinajstić information content (AvgIpc) is 2.19. The molecule has 0 fully saturated rings. The van der Waals surface area contributed by atoms with Gasteiger partial charge >= 0.3 is 0 Å². The highest BCUT2D eigenvalue weighted by Gasteiger charge is 1.99. The van der Waals surface area contributed by atoms with Crippen LogP contribution in [0, 0.1) is 5.82 Å². The minimum atomic E-state index is -0.281. The number of nitrogens with zero attached hydrogens (tertiary/aromatic N) is 3. The summed E-state index contributed by atoms with van der Waals surface area (Å²) in [4.78, 5) is 0. The van der Waals surface area contributed by atoms with Crippen molar-refractivity contribution in [3.63, 3.8) is 0 Å². The van der Waals surface area contributed by atoms with Crippen molar-refractivity contribution in [2.75, 3.05) is 0 Å². The van der Waals surface area contributed by atoms with Gasteiger partial charge in [-0.2, -0.15) is 0 Å². The van der Waals surface area contributed by atoms with Crippen molar-refractivity contribution in [3.05, 3.63) is 42.3 Å². The maximum atomic E-state index is 12.8. The van der Waals surface area contributed by atoms with Crippen LogP contribution >= 0.6 is 0 Å². The molecule has 0 saturated heterocycles. The van der Waals surface area contributed by atoms with Gasteiger partial charge in [0.2, 0.25) is 0 Å². The van der Waals surface area contributed by atoms with Gasteiger partial charge in [0.1, 0.15) is 5.82 Å². The smallest absolute Gasteiger partial charge is 0.123 e. The van der Waals surface area contributed by atoms with Gasteiger partial charge in [-0.1, -0.05) is 12.1 Å². The highest BCUT2D eigenvalue weighted by atomic mass is 19.1. The largest absolute Gasteiger partial charge is 0.207 e. The number of aromatic nitrogens is 3. The third kappa shape index (κ3) is 1.66. The summed E-state index contributed by atoms with van der Waals surface area (Å²) >= 11 is 0. The van der Waals surface area contributed by atoms with E-state index in [1.165, 1.54) is 18.3 Å². The van der Waals surface area contributed by atoms with Crippen molar-refractivity contribution in [3.8, 4) is 11.3 Å². The molecule has 1 aromatic heterocycles. The van der Waals surface area contributed by atoms with Gasteiger partial charge in [-0.3, -0.25) is 0 Å². The van der Waals surface area contributed by atoms with Crippen molar-refractivity contribution in [1.82, 2.24) is 15.4 Å². The maximum absolute atomic E-state index is 12.8. The molecule has 0 unspecified atom stereocenters. The predicted octanol–water partition coefficient (Wildman–Crippen LogP) is 1.68. The minimum Gasteiger partial charge on any atom is -0.207 e. The molecule has 0 atom stereocenters. The molecule has 0 bridgehead atoms. The summed E-state index contributed by atoms with van der Waals surface area (Å²) in [5, 5.41) is 10.8. The lowest BCUT2D eigenvalue weighted by atomic mass is 10.1. The lowest BCUT2D eigenvalue weighted by Crippen LogP contribution is -1.89. The van der Waals surface area contributed by atoms with E-state index in [9.17, 15) is 4.39 Å². The Labute approximate surface area is 74.2 Å². The van der Waals surface area contributed by atoms with E-state index in [1.54, 1.807) is 18.2 Å². The minimum absolute atomic E-state index is 0.281. The van der Waals surface area contributed by atoms with E-state index in [0.717, 1.165) is 0 Å². The van der Waals surface area contributed by atoms with Crippen LogP contribution in [0.3, 0.4) is 0 Å². The first kappa shape index (κ1) is 7.79. The van der Waals surface area contributed by atoms with Crippen molar-refractivity contribution in [2.24, 2.45) is 0 Å². The fraction of sp³-hybridized carbons (Fsp3) is 0. The number of halogens is 1. The summed E-state index contributed by atoms with van der Waals surface area (Å²) in [5.41, 5.74) is 1.32. The molecule has 2 aromatic rings. The number of hydrogen-bond acceptors (Lipinski definition) is 3. The Balaban J connectivity index is 2.48. The average molecular weight is 175 g/mol. The lowest BCUT2D eigenvalue weighted by Gasteiger charge is -1.97. The third-order valence-corrected chi connectivity index (χ3v) is 1.62. The van der Waals surface area contributed by atoms with E-state index < -0.39 is 0 Å².